The molecule has 8 heteroatoms. The number of thioether (sulfide) groups is 1. The summed E-state index contributed by atoms with van der Waals surface area (Å²) in [5.41, 5.74) is 0. The van der Waals surface area contributed by atoms with Crippen molar-refractivity contribution in [2.45, 2.75) is 12.3 Å². The van der Waals surface area contributed by atoms with E-state index in [4.69, 9.17) is 4.52 Å². The van der Waals surface area contributed by atoms with E-state index in [0.29, 0.717) is 29.8 Å². The lowest BCUT2D eigenvalue weighted by atomic mass is 10.4. The molecule has 0 saturated heterocycles. The van der Waals surface area contributed by atoms with Gasteiger partial charge >= 0.3 is 0 Å². The SMILES string of the molecule is O=C(CSCc1nc(-c2cccs2)no1)NCc1cccs1. The monoisotopic (exact) mass is 351 g/mol. The van der Waals surface area contributed by atoms with E-state index in [1.807, 2.05) is 35.0 Å². The third kappa shape index (κ3) is 4.19. The van der Waals surface area contributed by atoms with Crippen molar-refractivity contribution in [1.82, 2.24) is 15.5 Å². The number of amides is 1. The molecule has 0 radical (unpaired) electrons. The van der Waals surface area contributed by atoms with E-state index in [9.17, 15) is 4.79 Å². The van der Waals surface area contributed by atoms with Gasteiger partial charge in [0.1, 0.15) is 0 Å². The lowest BCUT2D eigenvalue weighted by Crippen LogP contribution is -2.24. The maximum Gasteiger partial charge on any atom is 0.236 e. The minimum atomic E-state index is 0.0106. The van der Waals surface area contributed by atoms with Crippen molar-refractivity contribution in [3.63, 3.8) is 0 Å². The van der Waals surface area contributed by atoms with Crippen LogP contribution in [-0.2, 0) is 17.1 Å². The number of carbonyl (C=O) groups is 1. The van der Waals surface area contributed by atoms with E-state index in [1.165, 1.54) is 11.8 Å². The fraction of sp³-hybridized carbons (Fsp3) is 0.214. The van der Waals surface area contributed by atoms with Gasteiger partial charge in [-0.05, 0) is 22.9 Å². The molecule has 1 N–H and O–H groups in total. The van der Waals surface area contributed by atoms with Gasteiger partial charge in [0.25, 0.3) is 0 Å². The molecule has 5 nitrogen and oxygen atoms in total. The summed E-state index contributed by atoms with van der Waals surface area (Å²) in [5.74, 6) is 2.07. The molecule has 0 aromatic carbocycles. The molecule has 0 unspecified atom stereocenters. The van der Waals surface area contributed by atoms with Crippen LogP contribution in [-0.4, -0.2) is 21.8 Å². The van der Waals surface area contributed by atoms with Gasteiger partial charge in [-0.15, -0.1) is 34.4 Å². The zero-order valence-corrected chi connectivity index (χ0v) is 14.0. The lowest BCUT2D eigenvalue weighted by molar-refractivity contribution is -0.118. The molecule has 1 amide bonds. The molecule has 0 fully saturated rings. The number of nitrogens with one attached hydrogen (secondary N) is 1. The Balaban J connectivity index is 1.40. The van der Waals surface area contributed by atoms with Gasteiger partial charge in [0, 0.05) is 4.88 Å². The number of hydrogen-bond donors (Lipinski definition) is 1. The summed E-state index contributed by atoms with van der Waals surface area (Å²) in [6.07, 6.45) is 0. The van der Waals surface area contributed by atoms with Crippen LogP contribution in [0.2, 0.25) is 0 Å². The van der Waals surface area contributed by atoms with Gasteiger partial charge in [0.2, 0.25) is 17.6 Å². The van der Waals surface area contributed by atoms with Crippen molar-refractivity contribution in [3.05, 3.63) is 45.8 Å². The van der Waals surface area contributed by atoms with Gasteiger partial charge in [-0.2, -0.15) is 4.98 Å². The first-order valence-electron chi connectivity index (χ1n) is 6.54. The predicted molar refractivity (Wildman–Crippen MR) is 89.9 cm³/mol. The smallest absolute Gasteiger partial charge is 0.236 e. The number of carbonyl (C=O) groups excluding carboxylic acids is 1. The Morgan fingerprint density at radius 2 is 2.14 bits per heavy atom. The Hall–Kier alpha value is -1.64. The molecule has 0 spiro atoms. The molecule has 3 aromatic heterocycles. The zero-order chi connectivity index (χ0) is 15.2. The van der Waals surface area contributed by atoms with Crippen LogP contribution in [0.4, 0.5) is 0 Å². The molecule has 22 heavy (non-hydrogen) atoms. The third-order valence-corrected chi connectivity index (χ3v) is 5.37. The highest BCUT2D eigenvalue weighted by Gasteiger charge is 2.10. The minimum Gasteiger partial charge on any atom is -0.350 e. The summed E-state index contributed by atoms with van der Waals surface area (Å²) in [4.78, 5) is 18.2. The third-order valence-electron chi connectivity index (χ3n) is 2.71. The second-order valence-corrected chi connectivity index (χ2v) is 7.30. The number of rotatable bonds is 7. The van der Waals surface area contributed by atoms with Crippen LogP contribution in [0.5, 0.6) is 0 Å². The molecule has 114 valence electrons. The van der Waals surface area contributed by atoms with E-state index in [2.05, 4.69) is 15.5 Å². The van der Waals surface area contributed by atoms with Crippen LogP contribution >= 0.6 is 34.4 Å². The Kier molecular flexibility index (Phi) is 5.25. The summed E-state index contributed by atoms with van der Waals surface area (Å²) >= 11 is 4.66. The molecule has 0 aliphatic rings. The molecular weight excluding hydrogens is 338 g/mol. The summed E-state index contributed by atoms with van der Waals surface area (Å²) < 4.78 is 5.18. The van der Waals surface area contributed by atoms with Crippen LogP contribution in [0.25, 0.3) is 10.7 Å². The van der Waals surface area contributed by atoms with Gasteiger partial charge in [0.05, 0.1) is 22.9 Å². The van der Waals surface area contributed by atoms with Crippen molar-refractivity contribution in [3.8, 4) is 10.7 Å². The van der Waals surface area contributed by atoms with Gasteiger partial charge in [-0.25, -0.2) is 0 Å². The molecule has 0 aliphatic carbocycles. The first-order valence-corrected chi connectivity index (χ1v) is 9.46. The van der Waals surface area contributed by atoms with Gasteiger partial charge in [-0.1, -0.05) is 17.3 Å². The standard InChI is InChI=1S/C14H13N3O2S3/c18-12(15-7-10-3-1-5-21-10)8-20-9-13-16-14(17-19-13)11-4-2-6-22-11/h1-6H,7-9H2,(H,15,18). The van der Waals surface area contributed by atoms with Crippen LogP contribution in [0.3, 0.4) is 0 Å². The van der Waals surface area contributed by atoms with E-state index in [-0.39, 0.29) is 5.91 Å². The highest BCUT2D eigenvalue weighted by molar-refractivity contribution is 7.99. The average Bonchev–Trinajstić information content (AvgIpc) is 3.26. The molecular formula is C14H13N3O2S3. The normalized spacial score (nSPS) is 10.7. The molecule has 0 saturated carbocycles. The van der Waals surface area contributed by atoms with Crippen LogP contribution < -0.4 is 5.32 Å². The number of hydrogen-bond acceptors (Lipinski definition) is 7. The van der Waals surface area contributed by atoms with E-state index >= 15 is 0 Å². The molecule has 3 rings (SSSR count). The number of nitrogens with zero attached hydrogens (tertiary/aromatic N) is 2. The van der Waals surface area contributed by atoms with Gasteiger partial charge < -0.3 is 9.84 Å². The molecule has 0 atom stereocenters. The summed E-state index contributed by atoms with van der Waals surface area (Å²) in [7, 11) is 0. The Morgan fingerprint density at radius 1 is 1.27 bits per heavy atom. The summed E-state index contributed by atoms with van der Waals surface area (Å²) in [6, 6.07) is 7.87. The molecule has 3 aromatic rings. The maximum atomic E-state index is 11.7. The predicted octanol–water partition coefficient (Wildman–Crippen LogP) is 3.41. The summed E-state index contributed by atoms with van der Waals surface area (Å²) in [5, 5.41) is 10.8. The first-order chi connectivity index (χ1) is 10.8. The van der Waals surface area contributed by atoms with Crippen molar-refractivity contribution < 1.29 is 9.32 Å². The van der Waals surface area contributed by atoms with E-state index < -0.39 is 0 Å². The Bertz CT molecular complexity index is 708. The van der Waals surface area contributed by atoms with Crippen molar-refractivity contribution in [2.75, 3.05) is 5.75 Å². The van der Waals surface area contributed by atoms with Crippen molar-refractivity contribution in [2.24, 2.45) is 0 Å². The molecule has 0 aliphatic heterocycles. The second kappa shape index (κ2) is 7.57. The summed E-state index contributed by atoms with van der Waals surface area (Å²) in [6.45, 7) is 0.583. The van der Waals surface area contributed by atoms with Crippen LogP contribution in [0.1, 0.15) is 10.8 Å². The Labute approximate surface area is 139 Å². The van der Waals surface area contributed by atoms with Crippen molar-refractivity contribution >= 4 is 40.3 Å². The van der Waals surface area contributed by atoms with Gasteiger partial charge in [0.15, 0.2) is 0 Å². The fourth-order valence-electron chi connectivity index (χ4n) is 1.70. The largest absolute Gasteiger partial charge is 0.350 e. The highest BCUT2D eigenvalue weighted by Crippen LogP contribution is 2.22. The zero-order valence-electron chi connectivity index (χ0n) is 11.5. The second-order valence-electron chi connectivity index (χ2n) is 4.34. The highest BCUT2D eigenvalue weighted by atomic mass is 32.2. The van der Waals surface area contributed by atoms with Crippen molar-refractivity contribution in [1.29, 1.82) is 0 Å². The van der Waals surface area contributed by atoms with Gasteiger partial charge in [-0.3, -0.25) is 4.79 Å². The molecule has 3 heterocycles. The maximum absolute atomic E-state index is 11.7. The lowest BCUT2D eigenvalue weighted by Gasteiger charge is -2.02. The van der Waals surface area contributed by atoms with Crippen LogP contribution in [0.15, 0.2) is 39.5 Å². The van der Waals surface area contributed by atoms with E-state index in [1.54, 1.807) is 22.7 Å². The first kappa shape index (κ1) is 15.3. The fourth-order valence-corrected chi connectivity index (χ4v) is 3.68. The minimum absolute atomic E-state index is 0.0106. The average molecular weight is 351 g/mol. The van der Waals surface area contributed by atoms with Crippen LogP contribution in [0, 0.1) is 0 Å². The Morgan fingerprint density at radius 3 is 2.91 bits per heavy atom. The van der Waals surface area contributed by atoms with E-state index in [0.717, 1.165) is 9.75 Å². The quantitative estimate of drug-likeness (QED) is 0.706. The number of aromatic nitrogens is 2. The number of thiophene rings is 2. The molecule has 0 bridgehead atoms. The topological polar surface area (TPSA) is 68.0 Å².